The maximum absolute atomic E-state index is 12.8. The Morgan fingerprint density at radius 3 is 0.894 bits per heavy atom. The molecule has 0 aliphatic heterocycles. The fraction of sp³-hybridized carbons (Fsp3) is 0.850. The number of hydrogen-bond acceptors (Lipinski definition) is 6. The molecule has 0 amide bonds. The third-order valence-corrected chi connectivity index (χ3v) is 12.9. The van der Waals surface area contributed by atoms with E-state index in [1.807, 2.05) is 0 Å². The van der Waals surface area contributed by atoms with Crippen molar-refractivity contribution < 1.29 is 28.6 Å². The Balaban J connectivity index is 4.34. The van der Waals surface area contributed by atoms with Crippen molar-refractivity contribution in [3.05, 3.63) is 36.5 Å². The molecule has 0 unspecified atom stereocenters. The zero-order chi connectivity index (χ0) is 47.9. The molecule has 0 aromatic heterocycles. The number of carbonyl (C=O) groups excluding carboxylic acids is 3. The van der Waals surface area contributed by atoms with Gasteiger partial charge in [-0.3, -0.25) is 14.4 Å². The lowest BCUT2D eigenvalue weighted by Crippen LogP contribution is -2.30. The van der Waals surface area contributed by atoms with Crippen molar-refractivity contribution in [2.24, 2.45) is 0 Å². The minimum Gasteiger partial charge on any atom is -0.462 e. The van der Waals surface area contributed by atoms with Gasteiger partial charge in [0.1, 0.15) is 13.2 Å². The molecule has 0 saturated carbocycles. The number of carbonyl (C=O) groups is 3. The zero-order valence-electron chi connectivity index (χ0n) is 44.2. The van der Waals surface area contributed by atoms with Gasteiger partial charge in [0.2, 0.25) is 0 Å². The van der Waals surface area contributed by atoms with Gasteiger partial charge in [0.25, 0.3) is 0 Å². The topological polar surface area (TPSA) is 78.9 Å². The molecule has 6 nitrogen and oxygen atoms in total. The molecule has 6 heteroatoms. The van der Waals surface area contributed by atoms with Crippen LogP contribution >= 0.6 is 0 Å². The summed E-state index contributed by atoms with van der Waals surface area (Å²) >= 11 is 0. The van der Waals surface area contributed by atoms with E-state index in [4.69, 9.17) is 14.2 Å². The molecule has 0 radical (unpaired) electrons. The van der Waals surface area contributed by atoms with Crippen LogP contribution in [0.25, 0.3) is 0 Å². The van der Waals surface area contributed by atoms with E-state index >= 15 is 0 Å². The largest absolute Gasteiger partial charge is 0.462 e. The van der Waals surface area contributed by atoms with E-state index < -0.39 is 6.10 Å². The highest BCUT2D eigenvalue weighted by atomic mass is 16.6. The van der Waals surface area contributed by atoms with E-state index in [0.29, 0.717) is 19.3 Å². The molecule has 1 atom stereocenters. The van der Waals surface area contributed by atoms with Gasteiger partial charge in [-0.15, -0.1) is 0 Å². The molecular weight excluding hydrogens is 817 g/mol. The minimum atomic E-state index is -0.777. The van der Waals surface area contributed by atoms with Crippen LogP contribution in [-0.4, -0.2) is 37.2 Å². The number of ether oxygens (including phenoxy) is 3. The molecule has 0 aliphatic rings. The minimum absolute atomic E-state index is 0.0744. The third-order valence-electron chi connectivity index (χ3n) is 12.9. The lowest BCUT2D eigenvalue weighted by molar-refractivity contribution is -0.167. The Hall–Kier alpha value is -2.37. The van der Waals surface area contributed by atoms with Gasteiger partial charge in [0.15, 0.2) is 6.10 Å². The van der Waals surface area contributed by atoms with E-state index in [9.17, 15) is 14.4 Å². The zero-order valence-corrected chi connectivity index (χ0v) is 44.2. The molecule has 0 aromatic rings. The maximum atomic E-state index is 12.8. The summed E-state index contributed by atoms with van der Waals surface area (Å²) < 4.78 is 16.9. The summed E-state index contributed by atoms with van der Waals surface area (Å²) in [5.74, 6) is -0.874. The average molecular weight is 928 g/mol. The van der Waals surface area contributed by atoms with Crippen LogP contribution in [0.3, 0.4) is 0 Å². The first-order valence-corrected chi connectivity index (χ1v) is 29.0. The summed E-state index contributed by atoms with van der Waals surface area (Å²) in [4.78, 5) is 38.1. The van der Waals surface area contributed by atoms with Crippen molar-refractivity contribution in [1.29, 1.82) is 0 Å². The first kappa shape index (κ1) is 63.6. The summed E-state index contributed by atoms with van der Waals surface area (Å²) in [6.07, 6.45) is 65.6. The Labute approximate surface area is 410 Å². The second-order valence-corrected chi connectivity index (χ2v) is 19.6. The molecule has 0 heterocycles. The molecule has 0 saturated heterocycles. The van der Waals surface area contributed by atoms with Crippen LogP contribution in [0.2, 0.25) is 0 Å². The summed E-state index contributed by atoms with van der Waals surface area (Å²) in [6.45, 7) is 6.63. The van der Waals surface area contributed by atoms with Gasteiger partial charge in [-0.25, -0.2) is 0 Å². The number of rotatable bonds is 53. The molecule has 66 heavy (non-hydrogen) atoms. The SMILES string of the molecule is CCCCC/C=C/C/C=C/CCCCCCCCCC(=O)O[C@H](COC(=O)CCCCCCC/C=C/CCCCCC)COC(=O)CCCCCCCCCCCCCCCCCCCC. The van der Waals surface area contributed by atoms with Crippen LogP contribution in [0.4, 0.5) is 0 Å². The Kier molecular flexibility index (Phi) is 53.2. The van der Waals surface area contributed by atoms with Crippen LogP contribution < -0.4 is 0 Å². The second-order valence-electron chi connectivity index (χ2n) is 19.6. The van der Waals surface area contributed by atoms with Crippen LogP contribution in [0.5, 0.6) is 0 Å². The molecular formula is C60H110O6. The lowest BCUT2D eigenvalue weighted by atomic mass is 10.0. The molecule has 0 aromatic carbocycles. The highest BCUT2D eigenvalue weighted by Gasteiger charge is 2.19. The molecule has 0 spiro atoms. The van der Waals surface area contributed by atoms with Gasteiger partial charge in [-0.2, -0.15) is 0 Å². The first-order valence-electron chi connectivity index (χ1n) is 29.0. The first-order chi connectivity index (χ1) is 32.5. The van der Waals surface area contributed by atoms with Gasteiger partial charge >= 0.3 is 17.9 Å². The smallest absolute Gasteiger partial charge is 0.306 e. The molecule has 0 rings (SSSR count). The number of unbranched alkanes of at least 4 members (excludes halogenated alkanes) is 36. The summed E-state index contributed by atoms with van der Waals surface area (Å²) in [5, 5.41) is 0. The summed E-state index contributed by atoms with van der Waals surface area (Å²) in [7, 11) is 0. The van der Waals surface area contributed by atoms with Gasteiger partial charge in [-0.05, 0) is 77.0 Å². The molecule has 0 fully saturated rings. The van der Waals surface area contributed by atoms with Gasteiger partial charge in [0.05, 0.1) is 0 Å². The quantitative estimate of drug-likeness (QED) is 0.0262. The van der Waals surface area contributed by atoms with Crippen molar-refractivity contribution in [3.63, 3.8) is 0 Å². The lowest BCUT2D eigenvalue weighted by Gasteiger charge is -2.18. The van der Waals surface area contributed by atoms with E-state index in [2.05, 4.69) is 57.2 Å². The van der Waals surface area contributed by atoms with Crippen LogP contribution in [0.1, 0.15) is 310 Å². The predicted octanol–water partition coefficient (Wildman–Crippen LogP) is 19.3. The highest BCUT2D eigenvalue weighted by molar-refractivity contribution is 5.71. The van der Waals surface area contributed by atoms with E-state index in [0.717, 1.165) is 77.0 Å². The number of allylic oxidation sites excluding steroid dienone is 6. The Morgan fingerprint density at radius 2 is 0.545 bits per heavy atom. The Bertz CT molecular complexity index is 1110. The van der Waals surface area contributed by atoms with E-state index in [1.165, 1.54) is 193 Å². The summed E-state index contributed by atoms with van der Waals surface area (Å²) in [6, 6.07) is 0. The van der Waals surface area contributed by atoms with Gasteiger partial charge in [-0.1, -0.05) is 250 Å². The highest BCUT2D eigenvalue weighted by Crippen LogP contribution is 2.16. The summed E-state index contributed by atoms with van der Waals surface area (Å²) in [5.41, 5.74) is 0. The monoisotopic (exact) mass is 927 g/mol. The Morgan fingerprint density at radius 1 is 0.303 bits per heavy atom. The second kappa shape index (κ2) is 55.2. The normalized spacial score (nSPS) is 12.2. The number of hydrogen-bond donors (Lipinski definition) is 0. The van der Waals surface area contributed by atoms with E-state index in [1.54, 1.807) is 0 Å². The maximum Gasteiger partial charge on any atom is 0.306 e. The van der Waals surface area contributed by atoms with Crippen molar-refractivity contribution in [2.45, 2.75) is 316 Å². The van der Waals surface area contributed by atoms with Crippen molar-refractivity contribution in [3.8, 4) is 0 Å². The van der Waals surface area contributed by atoms with Crippen LogP contribution in [-0.2, 0) is 28.6 Å². The fourth-order valence-electron chi connectivity index (χ4n) is 8.47. The van der Waals surface area contributed by atoms with Gasteiger partial charge < -0.3 is 14.2 Å². The molecule has 386 valence electrons. The molecule has 0 aliphatic carbocycles. The number of esters is 3. The molecule has 0 N–H and O–H groups in total. The standard InChI is InChI=1S/C60H110O6/c1-4-7-10-13-16-19-22-25-27-29-31-32-35-38-41-44-47-50-53-59(62)65-56-57(55-64-58(61)52-49-46-43-40-37-34-24-21-18-15-12-9-6-3)66-60(63)54-51-48-45-42-39-36-33-30-28-26-23-20-17-14-11-8-5-2/h17,20-21,24,26,28,57H,4-16,18-19,22-23,25,27,29-56H2,1-3H3/b20-17+,24-21+,28-26+/t57-/m1/s1. The predicted molar refractivity (Wildman–Crippen MR) is 284 cm³/mol. The van der Waals surface area contributed by atoms with Gasteiger partial charge in [0, 0.05) is 19.3 Å². The molecule has 0 bridgehead atoms. The van der Waals surface area contributed by atoms with Crippen molar-refractivity contribution >= 4 is 17.9 Å². The average Bonchev–Trinajstić information content (AvgIpc) is 3.31. The van der Waals surface area contributed by atoms with Crippen molar-refractivity contribution in [2.75, 3.05) is 13.2 Å². The van der Waals surface area contributed by atoms with Crippen molar-refractivity contribution in [1.82, 2.24) is 0 Å². The fourth-order valence-corrected chi connectivity index (χ4v) is 8.47. The van der Waals surface area contributed by atoms with Crippen LogP contribution in [0.15, 0.2) is 36.5 Å². The van der Waals surface area contributed by atoms with Crippen LogP contribution in [0, 0.1) is 0 Å². The van der Waals surface area contributed by atoms with E-state index in [-0.39, 0.29) is 31.1 Å². The third kappa shape index (κ3) is 52.6.